The average molecular weight is 829 g/mol. The van der Waals surface area contributed by atoms with Crippen molar-refractivity contribution in [3.63, 3.8) is 0 Å². The zero-order valence-electron chi connectivity index (χ0n) is 32.5. The van der Waals surface area contributed by atoms with Crippen LogP contribution in [0.1, 0.15) is 78.3 Å². The zero-order valence-corrected chi connectivity index (χ0v) is 33.3. The number of amides is 7. The van der Waals surface area contributed by atoms with E-state index in [1.165, 1.54) is 21.9 Å². The van der Waals surface area contributed by atoms with E-state index in [-0.39, 0.29) is 80.2 Å². The van der Waals surface area contributed by atoms with Crippen molar-refractivity contribution in [2.75, 3.05) is 62.2 Å². The first-order chi connectivity index (χ1) is 27.1. The second-order valence-electron chi connectivity index (χ2n) is 15.9. The fourth-order valence-electron chi connectivity index (χ4n) is 8.05. The zero-order chi connectivity index (χ0) is 40.8. The summed E-state index contributed by atoms with van der Waals surface area (Å²) in [5, 5.41) is 7.74. The van der Waals surface area contributed by atoms with E-state index in [9.17, 15) is 42.3 Å². The van der Waals surface area contributed by atoms with Crippen LogP contribution in [0.3, 0.4) is 0 Å². The number of nitrogens with zero attached hydrogens (tertiary/aromatic N) is 5. The van der Waals surface area contributed by atoms with Crippen LogP contribution in [0.25, 0.3) is 0 Å². The van der Waals surface area contributed by atoms with Gasteiger partial charge in [0.25, 0.3) is 11.8 Å². The van der Waals surface area contributed by atoms with E-state index in [1.807, 2.05) is 31.7 Å². The molecule has 6 heterocycles. The number of imide groups is 2. The molecule has 8 rings (SSSR count). The predicted octanol–water partition coefficient (Wildman–Crippen LogP) is 2.06. The molecule has 6 aliphatic heterocycles. The van der Waals surface area contributed by atoms with E-state index in [4.69, 9.17) is 4.74 Å². The van der Waals surface area contributed by atoms with Gasteiger partial charge in [0.15, 0.2) is 0 Å². The van der Waals surface area contributed by atoms with E-state index in [0.717, 1.165) is 31.9 Å². The van der Waals surface area contributed by atoms with Crippen LogP contribution in [-0.2, 0) is 37.0 Å². The molecule has 4 saturated heterocycles. The van der Waals surface area contributed by atoms with E-state index >= 15 is 0 Å². The number of carbonyl (C=O) groups excluding carboxylic acids is 7. The second-order valence-corrected chi connectivity index (χ2v) is 15.9. The van der Waals surface area contributed by atoms with Gasteiger partial charge in [-0.15, -0.1) is 12.4 Å². The summed E-state index contributed by atoms with van der Waals surface area (Å²) in [6.45, 7) is 10.9. The fourth-order valence-corrected chi connectivity index (χ4v) is 8.05. The summed E-state index contributed by atoms with van der Waals surface area (Å²) in [4.78, 5) is 93.0. The highest BCUT2D eigenvalue weighted by Gasteiger charge is 2.42. The van der Waals surface area contributed by atoms with Crippen molar-refractivity contribution in [2.24, 2.45) is 0 Å². The van der Waals surface area contributed by atoms with Crippen LogP contribution < -0.4 is 25.8 Å². The lowest BCUT2D eigenvalue weighted by Crippen LogP contribution is -2.52. The minimum absolute atomic E-state index is 0. The maximum absolute atomic E-state index is 14.9. The van der Waals surface area contributed by atoms with Gasteiger partial charge in [-0.05, 0) is 69.0 Å². The SMILES string of the molecule is CC(C)(C)OC(=O)N1CCN(c2cc(F)c3c(c2)CN(C2CCC(=O)NC2=O)C3=O)CC1.Cl.O=C1CCC(N2Cc3cc(N4CCNCC4)cc(F)c3C2=O)C(=O)N1. The molecule has 2 atom stereocenters. The third-order valence-electron chi connectivity index (χ3n) is 10.9. The predicted molar refractivity (Wildman–Crippen MR) is 207 cm³/mol. The van der Waals surface area contributed by atoms with Crippen LogP contribution in [0, 0.1) is 11.6 Å². The number of benzene rings is 2. The molecule has 3 N–H and O–H groups in total. The molecular weight excluding hydrogens is 782 g/mol. The van der Waals surface area contributed by atoms with Crippen molar-refractivity contribution >= 4 is 65.3 Å². The molecule has 2 aromatic carbocycles. The maximum atomic E-state index is 14.9. The standard InChI is InChI=1S/C22H27FN4O5.C17H19FN4O3.ClH/c1-22(2,3)32-21(31)26-8-6-25(7-9-26)14-10-13-12-27(20(30)18(13)15(23)11-14)16-4-5-17(28)24-19(16)29;18-12-8-11(21-5-3-19-4-6-21)7-10-9-22(17(25)15(10)12)13-1-2-14(23)20-16(13)24;/h10-11,16H,4-9,12H2,1-3H3,(H,24,28,29);7-8,13,19H,1-6,9H2,(H,20,23,24);1H. The van der Waals surface area contributed by atoms with Crippen molar-refractivity contribution in [3.8, 4) is 0 Å². The lowest BCUT2D eigenvalue weighted by Gasteiger charge is -2.36. The Labute approximate surface area is 339 Å². The Morgan fingerprint density at radius 1 is 0.672 bits per heavy atom. The summed E-state index contributed by atoms with van der Waals surface area (Å²) in [6.07, 6.45) is 0.460. The van der Waals surface area contributed by atoms with Gasteiger partial charge < -0.3 is 34.6 Å². The van der Waals surface area contributed by atoms with Gasteiger partial charge in [0.1, 0.15) is 29.3 Å². The number of nitrogens with one attached hydrogen (secondary N) is 3. The summed E-state index contributed by atoms with van der Waals surface area (Å²) in [5.74, 6) is -3.91. The highest BCUT2D eigenvalue weighted by atomic mass is 35.5. The first kappa shape index (κ1) is 42.3. The van der Waals surface area contributed by atoms with Crippen molar-refractivity contribution in [3.05, 3.63) is 58.2 Å². The Morgan fingerprint density at radius 2 is 1.10 bits per heavy atom. The van der Waals surface area contributed by atoms with Crippen LogP contribution in [0.2, 0.25) is 0 Å². The van der Waals surface area contributed by atoms with Gasteiger partial charge >= 0.3 is 6.09 Å². The number of fused-ring (bicyclic) bond motifs is 2. The molecule has 0 saturated carbocycles. The lowest BCUT2D eigenvalue weighted by molar-refractivity contribution is -0.138. The number of piperazine rings is 2. The van der Waals surface area contributed by atoms with Crippen LogP contribution in [0.15, 0.2) is 24.3 Å². The fraction of sp³-hybridized carbons (Fsp3) is 0.513. The van der Waals surface area contributed by atoms with Crippen molar-refractivity contribution < 1.29 is 47.1 Å². The van der Waals surface area contributed by atoms with E-state index < -0.39 is 52.9 Å². The van der Waals surface area contributed by atoms with Crippen LogP contribution >= 0.6 is 12.4 Å². The topological polar surface area (TPSA) is 181 Å². The van der Waals surface area contributed by atoms with Gasteiger partial charge in [0.2, 0.25) is 23.6 Å². The van der Waals surface area contributed by atoms with Gasteiger partial charge in [-0.1, -0.05) is 0 Å². The molecule has 0 bridgehead atoms. The van der Waals surface area contributed by atoms with Crippen LogP contribution in [0.4, 0.5) is 25.0 Å². The van der Waals surface area contributed by atoms with Gasteiger partial charge in [-0.2, -0.15) is 0 Å². The van der Waals surface area contributed by atoms with Gasteiger partial charge in [0.05, 0.1) is 11.1 Å². The van der Waals surface area contributed by atoms with Gasteiger partial charge in [-0.25, -0.2) is 13.6 Å². The summed E-state index contributed by atoms with van der Waals surface area (Å²) in [7, 11) is 0. The molecule has 0 spiro atoms. The molecule has 19 heteroatoms. The molecule has 16 nitrogen and oxygen atoms in total. The maximum Gasteiger partial charge on any atom is 0.410 e. The van der Waals surface area contributed by atoms with Gasteiger partial charge in [0, 0.05) is 89.7 Å². The third-order valence-corrected chi connectivity index (χ3v) is 10.9. The summed E-state index contributed by atoms with van der Waals surface area (Å²) < 4.78 is 35.0. The first-order valence-electron chi connectivity index (χ1n) is 19.2. The Morgan fingerprint density at radius 3 is 1.52 bits per heavy atom. The number of hydrogen-bond donors (Lipinski definition) is 3. The summed E-state index contributed by atoms with van der Waals surface area (Å²) in [6, 6.07) is 4.83. The Kier molecular flexibility index (Phi) is 12.3. The van der Waals surface area contributed by atoms with Gasteiger partial charge in [-0.3, -0.25) is 39.4 Å². The van der Waals surface area contributed by atoms with E-state index in [1.54, 1.807) is 11.0 Å². The molecule has 6 aliphatic rings. The normalized spacial score (nSPS) is 22.1. The number of anilines is 2. The smallest absolute Gasteiger partial charge is 0.410 e. The Balaban J connectivity index is 0.000000198. The summed E-state index contributed by atoms with van der Waals surface area (Å²) >= 11 is 0. The quantitative estimate of drug-likeness (QED) is 0.384. The van der Waals surface area contributed by atoms with Crippen LogP contribution in [0.5, 0.6) is 0 Å². The minimum Gasteiger partial charge on any atom is -0.444 e. The molecular formula is C39H47ClF2N8O8. The van der Waals surface area contributed by atoms with E-state index in [2.05, 4.69) is 20.9 Å². The number of halogens is 3. The molecule has 2 aromatic rings. The Hall–Kier alpha value is -5.36. The molecule has 312 valence electrons. The number of piperidine rings is 2. The number of rotatable bonds is 4. The molecule has 4 fully saturated rings. The molecule has 0 aromatic heterocycles. The molecule has 0 aliphatic carbocycles. The first-order valence-corrected chi connectivity index (χ1v) is 19.2. The van der Waals surface area contributed by atoms with Crippen LogP contribution in [-0.4, -0.2) is 126 Å². The number of carbonyl (C=O) groups is 7. The average Bonchev–Trinajstić information content (AvgIpc) is 3.67. The minimum atomic E-state index is -0.784. The molecule has 2 unspecified atom stereocenters. The van der Waals surface area contributed by atoms with Crippen molar-refractivity contribution in [1.29, 1.82) is 0 Å². The lowest BCUT2D eigenvalue weighted by atomic mass is 10.0. The monoisotopic (exact) mass is 828 g/mol. The summed E-state index contributed by atoms with van der Waals surface area (Å²) in [5.41, 5.74) is 1.96. The molecule has 0 radical (unpaired) electrons. The van der Waals surface area contributed by atoms with Crippen molar-refractivity contribution in [2.45, 2.75) is 77.2 Å². The molecule has 7 amide bonds. The Bertz CT molecular complexity index is 2030. The van der Waals surface area contributed by atoms with Crippen molar-refractivity contribution in [1.82, 2.24) is 30.7 Å². The third kappa shape index (κ3) is 8.72. The highest BCUT2D eigenvalue weighted by molar-refractivity contribution is 6.06. The highest BCUT2D eigenvalue weighted by Crippen LogP contribution is 2.35. The number of ether oxygens (including phenoxy) is 1. The molecule has 58 heavy (non-hydrogen) atoms. The second kappa shape index (κ2) is 16.9. The number of hydrogen-bond acceptors (Lipinski definition) is 11. The largest absolute Gasteiger partial charge is 0.444 e. The van der Waals surface area contributed by atoms with E-state index in [0.29, 0.717) is 43.0 Å².